The van der Waals surface area contributed by atoms with E-state index >= 15 is 0 Å². The third-order valence-corrected chi connectivity index (χ3v) is 4.29. The molecule has 130 valence electrons. The van der Waals surface area contributed by atoms with Gasteiger partial charge in [0, 0.05) is 10.7 Å². The minimum absolute atomic E-state index is 0.308. The minimum Gasteiger partial charge on any atom is -0.466 e. The van der Waals surface area contributed by atoms with Gasteiger partial charge >= 0.3 is 6.03 Å². The van der Waals surface area contributed by atoms with Gasteiger partial charge < -0.3 is 15.1 Å². The second-order valence-corrected chi connectivity index (χ2v) is 6.37. The van der Waals surface area contributed by atoms with Gasteiger partial charge in [-0.3, -0.25) is 14.5 Å². The van der Waals surface area contributed by atoms with Crippen molar-refractivity contribution in [3.8, 4) is 0 Å². The van der Waals surface area contributed by atoms with Gasteiger partial charge in [-0.2, -0.15) is 0 Å². The summed E-state index contributed by atoms with van der Waals surface area (Å²) in [7, 11) is 0. The molecule has 0 aliphatic carbocycles. The van der Waals surface area contributed by atoms with Crippen LogP contribution in [0, 0.1) is 6.92 Å². The first-order valence-corrected chi connectivity index (χ1v) is 7.93. The Morgan fingerprint density at radius 1 is 1.36 bits per heavy atom. The van der Waals surface area contributed by atoms with Crippen LogP contribution in [0.2, 0.25) is 5.02 Å². The van der Waals surface area contributed by atoms with Gasteiger partial charge in [0.05, 0.1) is 6.26 Å². The van der Waals surface area contributed by atoms with Crippen molar-refractivity contribution in [3.05, 3.63) is 52.9 Å². The highest BCUT2D eigenvalue weighted by Crippen LogP contribution is 2.29. The van der Waals surface area contributed by atoms with Crippen LogP contribution in [0.4, 0.5) is 10.5 Å². The number of benzene rings is 1. The summed E-state index contributed by atoms with van der Waals surface area (Å²) in [6, 6.07) is 7.59. The van der Waals surface area contributed by atoms with Crippen LogP contribution in [-0.4, -0.2) is 29.3 Å². The van der Waals surface area contributed by atoms with Gasteiger partial charge in [-0.05, 0) is 49.7 Å². The Bertz CT molecular complexity index is 850. The molecule has 25 heavy (non-hydrogen) atoms. The molecule has 1 saturated heterocycles. The molecule has 1 atom stereocenters. The molecule has 0 saturated carbocycles. The highest BCUT2D eigenvalue weighted by Gasteiger charge is 2.51. The first-order valence-electron chi connectivity index (χ1n) is 7.55. The number of aryl methyl sites for hydroxylation is 1. The van der Waals surface area contributed by atoms with E-state index in [0.29, 0.717) is 16.5 Å². The van der Waals surface area contributed by atoms with Crippen LogP contribution in [0.3, 0.4) is 0 Å². The Kier molecular flexibility index (Phi) is 4.26. The van der Waals surface area contributed by atoms with Crippen molar-refractivity contribution < 1.29 is 18.8 Å². The molecule has 1 aromatic carbocycles. The van der Waals surface area contributed by atoms with E-state index in [-0.39, 0.29) is 0 Å². The number of imide groups is 1. The SMILES string of the molecule is Cc1cc(Cl)ccc1NC(=O)CN1C(=O)NC(C)(c2ccco2)C1=O. The number of amides is 4. The molecule has 2 N–H and O–H groups in total. The van der Waals surface area contributed by atoms with E-state index in [0.717, 1.165) is 10.5 Å². The molecular weight excluding hydrogens is 346 g/mol. The van der Waals surface area contributed by atoms with Gasteiger partial charge in [-0.15, -0.1) is 0 Å². The van der Waals surface area contributed by atoms with Crippen molar-refractivity contribution in [2.24, 2.45) is 0 Å². The second kappa shape index (κ2) is 6.25. The predicted molar refractivity (Wildman–Crippen MR) is 91.1 cm³/mol. The van der Waals surface area contributed by atoms with Crippen LogP contribution in [0.1, 0.15) is 18.2 Å². The zero-order valence-electron chi connectivity index (χ0n) is 13.6. The summed E-state index contributed by atoms with van der Waals surface area (Å²) in [5, 5.41) is 5.79. The lowest BCUT2D eigenvalue weighted by Gasteiger charge is -2.19. The molecule has 0 bridgehead atoms. The fourth-order valence-electron chi connectivity index (χ4n) is 2.67. The van der Waals surface area contributed by atoms with Crippen LogP contribution in [-0.2, 0) is 15.1 Å². The number of urea groups is 1. The van der Waals surface area contributed by atoms with Crippen LogP contribution >= 0.6 is 11.6 Å². The molecule has 3 rings (SSSR count). The summed E-state index contributed by atoms with van der Waals surface area (Å²) in [5.74, 6) is -0.727. The molecule has 2 heterocycles. The largest absolute Gasteiger partial charge is 0.466 e. The lowest BCUT2D eigenvalue weighted by molar-refractivity contribution is -0.134. The van der Waals surface area contributed by atoms with Crippen LogP contribution in [0.15, 0.2) is 41.0 Å². The first kappa shape index (κ1) is 17.0. The average Bonchev–Trinajstić information content (AvgIpc) is 3.15. The number of nitrogens with one attached hydrogen (secondary N) is 2. The maximum atomic E-state index is 12.6. The van der Waals surface area contributed by atoms with Gasteiger partial charge in [-0.25, -0.2) is 4.79 Å². The lowest BCUT2D eigenvalue weighted by Crippen LogP contribution is -2.41. The topological polar surface area (TPSA) is 91.7 Å². The summed E-state index contributed by atoms with van der Waals surface area (Å²) >= 11 is 5.88. The van der Waals surface area contributed by atoms with Crippen molar-refractivity contribution in [1.82, 2.24) is 10.2 Å². The fraction of sp³-hybridized carbons (Fsp3) is 0.235. The van der Waals surface area contributed by atoms with Gasteiger partial charge in [0.2, 0.25) is 5.91 Å². The molecule has 1 fully saturated rings. The van der Waals surface area contributed by atoms with E-state index < -0.39 is 29.9 Å². The Morgan fingerprint density at radius 2 is 2.12 bits per heavy atom. The van der Waals surface area contributed by atoms with Crippen LogP contribution < -0.4 is 10.6 Å². The van der Waals surface area contributed by atoms with E-state index in [9.17, 15) is 14.4 Å². The van der Waals surface area contributed by atoms with E-state index in [4.69, 9.17) is 16.0 Å². The average molecular weight is 362 g/mol. The number of rotatable bonds is 4. The molecular formula is C17H16ClN3O4. The summed E-state index contributed by atoms with van der Waals surface area (Å²) < 4.78 is 5.24. The molecule has 0 spiro atoms. The molecule has 2 aromatic rings. The second-order valence-electron chi connectivity index (χ2n) is 5.93. The maximum Gasteiger partial charge on any atom is 0.325 e. The van der Waals surface area contributed by atoms with E-state index in [1.165, 1.54) is 13.2 Å². The van der Waals surface area contributed by atoms with Gasteiger partial charge in [0.25, 0.3) is 5.91 Å². The number of carbonyl (C=O) groups is 3. The quantitative estimate of drug-likeness (QED) is 0.819. The zero-order chi connectivity index (χ0) is 18.2. The Balaban J connectivity index is 1.73. The van der Waals surface area contributed by atoms with Crippen molar-refractivity contribution in [3.63, 3.8) is 0 Å². The van der Waals surface area contributed by atoms with Gasteiger partial charge in [0.1, 0.15) is 12.3 Å². The van der Waals surface area contributed by atoms with Crippen LogP contribution in [0.5, 0.6) is 0 Å². The fourth-order valence-corrected chi connectivity index (χ4v) is 2.90. The van der Waals surface area contributed by atoms with E-state index in [1.807, 2.05) is 0 Å². The molecule has 1 aromatic heterocycles. The zero-order valence-corrected chi connectivity index (χ0v) is 14.4. The van der Waals surface area contributed by atoms with Gasteiger partial charge in [0.15, 0.2) is 5.54 Å². The number of furan rings is 1. The van der Waals surface area contributed by atoms with E-state index in [2.05, 4.69) is 10.6 Å². The smallest absolute Gasteiger partial charge is 0.325 e. The maximum absolute atomic E-state index is 12.6. The molecule has 0 radical (unpaired) electrons. The number of hydrogen-bond donors (Lipinski definition) is 2. The summed E-state index contributed by atoms with van der Waals surface area (Å²) in [4.78, 5) is 37.9. The van der Waals surface area contributed by atoms with Crippen molar-refractivity contribution in [2.75, 3.05) is 11.9 Å². The highest BCUT2D eigenvalue weighted by atomic mass is 35.5. The van der Waals surface area contributed by atoms with Crippen LogP contribution in [0.25, 0.3) is 0 Å². The minimum atomic E-state index is -1.32. The molecule has 1 aliphatic heterocycles. The van der Waals surface area contributed by atoms with Crippen molar-refractivity contribution >= 4 is 35.1 Å². The predicted octanol–water partition coefficient (Wildman–Crippen LogP) is 2.65. The number of hydrogen-bond acceptors (Lipinski definition) is 4. The Hall–Kier alpha value is -2.80. The summed E-state index contributed by atoms with van der Waals surface area (Å²) in [5.41, 5.74) is 0.0190. The summed E-state index contributed by atoms with van der Waals surface area (Å²) in [6.45, 7) is 2.93. The lowest BCUT2D eigenvalue weighted by atomic mass is 9.99. The number of nitrogens with zero attached hydrogens (tertiary/aromatic N) is 1. The molecule has 7 nitrogen and oxygen atoms in total. The third kappa shape index (κ3) is 3.10. The van der Waals surface area contributed by atoms with Crippen molar-refractivity contribution in [2.45, 2.75) is 19.4 Å². The molecule has 1 unspecified atom stereocenters. The first-order chi connectivity index (χ1) is 11.8. The standard InChI is InChI=1S/C17H16ClN3O4/c1-10-8-11(18)5-6-12(10)19-14(22)9-21-15(23)17(2,20-16(21)24)13-4-3-7-25-13/h3-8H,9H2,1-2H3,(H,19,22)(H,20,24). The Morgan fingerprint density at radius 3 is 2.76 bits per heavy atom. The number of carbonyl (C=O) groups excluding carboxylic acids is 3. The third-order valence-electron chi connectivity index (χ3n) is 4.05. The molecule has 4 amide bonds. The van der Waals surface area contributed by atoms with E-state index in [1.54, 1.807) is 37.3 Å². The molecule has 1 aliphatic rings. The van der Waals surface area contributed by atoms with Crippen molar-refractivity contribution in [1.29, 1.82) is 0 Å². The number of anilines is 1. The normalized spacial score (nSPS) is 19.9. The monoisotopic (exact) mass is 361 g/mol. The summed E-state index contributed by atoms with van der Waals surface area (Å²) in [6.07, 6.45) is 1.42. The number of halogens is 1. The highest BCUT2D eigenvalue weighted by molar-refractivity contribution is 6.30. The Labute approximate surface area is 148 Å². The molecule has 8 heteroatoms. The van der Waals surface area contributed by atoms with Gasteiger partial charge in [-0.1, -0.05) is 11.6 Å².